The number of hydrogen-bond donors (Lipinski definition) is 2. The number of hydrogen-bond acceptors (Lipinski definition) is 6. The monoisotopic (exact) mass is 445 g/mol. The molecule has 2 aromatic carbocycles. The van der Waals surface area contributed by atoms with E-state index in [1.165, 1.54) is 11.6 Å². The summed E-state index contributed by atoms with van der Waals surface area (Å²) < 4.78 is 6.97. The number of carbonyl (C=O) groups is 1. The zero-order valence-corrected chi connectivity index (χ0v) is 18.0. The summed E-state index contributed by atoms with van der Waals surface area (Å²) in [7, 11) is 1.45. The van der Waals surface area contributed by atoms with E-state index in [0.717, 1.165) is 16.0 Å². The second kappa shape index (κ2) is 9.39. The summed E-state index contributed by atoms with van der Waals surface area (Å²) in [5.41, 5.74) is 6.45. The van der Waals surface area contributed by atoms with Gasteiger partial charge in [-0.2, -0.15) is 0 Å². The average molecular weight is 445 g/mol. The molecule has 1 amide bonds. The van der Waals surface area contributed by atoms with E-state index in [4.69, 9.17) is 10.2 Å². The zero-order chi connectivity index (χ0) is 23.4. The summed E-state index contributed by atoms with van der Waals surface area (Å²) >= 11 is 0. The van der Waals surface area contributed by atoms with E-state index in [9.17, 15) is 14.4 Å². The first-order chi connectivity index (χ1) is 15.9. The van der Waals surface area contributed by atoms with Gasteiger partial charge in [-0.15, -0.1) is 0 Å². The van der Waals surface area contributed by atoms with Crippen molar-refractivity contribution in [1.29, 1.82) is 0 Å². The molecular formula is C24H23N5O4. The van der Waals surface area contributed by atoms with Crippen molar-refractivity contribution in [2.24, 2.45) is 0 Å². The lowest BCUT2D eigenvalue weighted by molar-refractivity contribution is -0.118. The van der Waals surface area contributed by atoms with Crippen molar-refractivity contribution in [3.05, 3.63) is 99.2 Å². The maximum atomic E-state index is 12.8. The summed E-state index contributed by atoms with van der Waals surface area (Å²) in [5, 5.41) is 0. The maximum absolute atomic E-state index is 12.8. The highest BCUT2D eigenvalue weighted by Crippen LogP contribution is 2.21. The summed E-state index contributed by atoms with van der Waals surface area (Å²) in [6.07, 6.45) is 1.90. The van der Waals surface area contributed by atoms with Gasteiger partial charge >= 0.3 is 5.69 Å². The second-order valence-corrected chi connectivity index (χ2v) is 7.50. The third-order valence-corrected chi connectivity index (χ3v) is 5.27. The van der Waals surface area contributed by atoms with Gasteiger partial charge in [-0.1, -0.05) is 60.7 Å². The highest BCUT2D eigenvalue weighted by Gasteiger charge is 2.21. The molecule has 2 heterocycles. The van der Waals surface area contributed by atoms with Crippen LogP contribution in [0.25, 0.3) is 11.3 Å². The number of nitrogens with zero attached hydrogens (tertiary/aromatic N) is 3. The molecule has 0 radical (unpaired) electrons. The van der Waals surface area contributed by atoms with Gasteiger partial charge in [0.1, 0.15) is 5.82 Å². The summed E-state index contributed by atoms with van der Waals surface area (Å²) in [6, 6.07) is 18.7. The van der Waals surface area contributed by atoms with Crippen molar-refractivity contribution in [3.8, 4) is 11.3 Å². The molecule has 4 rings (SSSR count). The number of anilines is 2. The van der Waals surface area contributed by atoms with Crippen molar-refractivity contribution in [3.63, 3.8) is 0 Å². The average Bonchev–Trinajstić information content (AvgIpc) is 3.30. The predicted octanol–water partition coefficient (Wildman–Crippen LogP) is 2.42. The first-order valence-electron chi connectivity index (χ1n) is 10.4. The number of aromatic amines is 1. The van der Waals surface area contributed by atoms with Gasteiger partial charge in [-0.25, -0.2) is 9.78 Å². The molecule has 9 heteroatoms. The Kier molecular flexibility index (Phi) is 6.21. The topological polar surface area (TPSA) is 127 Å². The van der Waals surface area contributed by atoms with Crippen molar-refractivity contribution in [1.82, 2.24) is 14.5 Å². The van der Waals surface area contributed by atoms with E-state index >= 15 is 0 Å². The molecule has 0 spiro atoms. The van der Waals surface area contributed by atoms with Crippen LogP contribution in [0.4, 0.5) is 11.5 Å². The van der Waals surface area contributed by atoms with Crippen LogP contribution in [0.5, 0.6) is 0 Å². The number of aryl methyl sites for hydroxylation is 1. The fraction of sp³-hybridized carbons (Fsp3) is 0.167. The number of amides is 1. The molecule has 0 bridgehead atoms. The van der Waals surface area contributed by atoms with E-state index in [2.05, 4.69) is 9.97 Å². The van der Waals surface area contributed by atoms with Crippen LogP contribution in [0.1, 0.15) is 17.9 Å². The molecule has 4 aromatic rings. The Hall–Kier alpha value is -4.40. The standard InChI is InChI=1S/C24H23N5O4/c1-28(20(30)13-12-19-26-14-18(33-19)17-10-6-3-7-11-17)21-22(25)29(24(32)27-23(21)31)15-16-8-4-2-5-9-16/h2-11,14H,12-13,15,25H2,1H3,(H,27,31,32). The van der Waals surface area contributed by atoms with E-state index < -0.39 is 11.2 Å². The first-order valence-corrected chi connectivity index (χ1v) is 10.4. The van der Waals surface area contributed by atoms with Gasteiger partial charge in [0, 0.05) is 25.5 Å². The lowest BCUT2D eigenvalue weighted by Gasteiger charge is -2.20. The molecule has 0 atom stereocenters. The Labute approximate surface area is 189 Å². The Bertz CT molecular complexity index is 1370. The molecule has 0 aliphatic heterocycles. The van der Waals surface area contributed by atoms with Gasteiger partial charge in [-0.05, 0) is 5.56 Å². The van der Waals surface area contributed by atoms with E-state index in [1.807, 2.05) is 60.7 Å². The van der Waals surface area contributed by atoms with Crippen LogP contribution in [0.15, 0.2) is 80.9 Å². The molecule has 0 saturated heterocycles. The molecule has 0 saturated carbocycles. The minimum Gasteiger partial charge on any atom is -0.441 e. The Balaban J connectivity index is 1.50. The number of aromatic nitrogens is 3. The largest absolute Gasteiger partial charge is 0.441 e. The van der Waals surface area contributed by atoms with Crippen molar-refractivity contribution >= 4 is 17.4 Å². The van der Waals surface area contributed by atoms with Gasteiger partial charge in [-0.3, -0.25) is 19.1 Å². The fourth-order valence-corrected chi connectivity index (χ4v) is 3.49. The lowest BCUT2D eigenvalue weighted by Crippen LogP contribution is -2.39. The molecule has 0 fully saturated rings. The normalized spacial score (nSPS) is 10.8. The molecule has 0 aliphatic carbocycles. The van der Waals surface area contributed by atoms with Gasteiger partial charge in [0.05, 0.1) is 12.7 Å². The highest BCUT2D eigenvalue weighted by molar-refractivity contribution is 5.95. The quantitative estimate of drug-likeness (QED) is 0.450. The maximum Gasteiger partial charge on any atom is 0.330 e. The van der Waals surface area contributed by atoms with E-state index in [1.54, 1.807) is 6.20 Å². The smallest absolute Gasteiger partial charge is 0.330 e. The zero-order valence-electron chi connectivity index (χ0n) is 18.0. The van der Waals surface area contributed by atoms with E-state index in [-0.39, 0.29) is 36.8 Å². The third kappa shape index (κ3) is 4.77. The third-order valence-electron chi connectivity index (χ3n) is 5.27. The number of nitrogens with two attached hydrogens (primary N) is 1. The van der Waals surface area contributed by atoms with Crippen LogP contribution < -0.4 is 21.9 Å². The van der Waals surface area contributed by atoms with Crippen LogP contribution in [-0.4, -0.2) is 27.5 Å². The number of nitrogens with one attached hydrogen (secondary N) is 1. The van der Waals surface area contributed by atoms with Crippen LogP contribution in [0.3, 0.4) is 0 Å². The Morgan fingerprint density at radius 2 is 1.76 bits per heavy atom. The molecule has 0 aliphatic rings. The summed E-state index contributed by atoms with van der Waals surface area (Å²) in [4.78, 5) is 45.3. The van der Waals surface area contributed by atoms with E-state index in [0.29, 0.717) is 11.7 Å². The molecule has 3 N–H and O–H groups in total. The van der Waals surface area contributed by atoms with Crippen LogP contribution in [-0.2, 0) is 17.8 Å². The van der Waals surface area contributed by atoms with Crippen molar-refractivity contribution in [2.45, 2.75) is 19.4 Å². The second-order valence-electron chi connectivity index (χ2n) is 7.50. The van der Waals surface area contributed by atoms with Gasteiger partial charge in [0.2, 0.25) is 5.91 Å². The van der Waals surface area contributed by atoms with Crippen molar-refractivity contribution < 1.29 is 9.21 Å². The molecular weight excluding hydrogens is 422 g/mol. The number of H-pyrrole nitrogens is 1. The molecule has 2 aromatic heterocycles. The van der Waals surface area contributed by atoms with Gasteiger partial charge in [0.25, 0.3) is 5.56 Å². The molecule has 168 valence electrons. The van der Waals surface area contributed by atoms with Crippen LogP contribution in [0.2, 0.25) is 0 Å². The van der Waals surface area contributed by atoms with Crippen LogP contribution in [0, 0.1) is 0 Å². The minimum atomic E-state index is -0.722. The fourth-order valence-electron chi connectivity index (χ4n) is 3.49. The highest BCUT2D eigenvalue weighted by atomic mass is 16.4. The number of benzene rings is 2. The number of oxazole rings is 1. The number of nitrogen functional groups attached to an aromatic ring is 1. The predicted molar refractivity (Wildman–Crippen MR) is 125 cm³/mol. The summed E-state index contributed by atoms with van der Waals surface area (Å²) in [5.74, 6) is 0.578. The SMILES string of the molecule is CN(C(=O)CCc1ncc(-c2ccccc2)o1)c1c(N)n(Cc2ccccc2)c(=O)[nH]c1=O. The van der Waals surface area contributed by atoms with Gasteiger partial charge in [0.15, 0.2) is 17.3 Å². The first kappa shape index (κ1) is 21.8. The van der Waals surface area contributed by atoms with Crippen molar-refractivity contribution in [2.75, 3.05) is 17.7 Å². The lowest BCUT2D eigenvalue weighted by atomic mass is 10.2. The van der Waals surface area contributed by atoms with Gasteiger partial charge < -0.3 is 15.1 Å². The Morgan fingerprint density at radius 1 is 1.09 bits per heavy atom. The molecule has 33 heavy (non-hydrogen) atoms. The Morgan fingerprint density at radius 3 is 2.45 bits per heavy atom. The van der Waals surface area contributed by atoms with Crippen LogP contribution >= 0.6 is 0 Å². The summed E-state index contributed by atoms with van der Waals surface area (Å²) in [6.45, 7) is 0.163. The number of carbonyl (C=O) groups excluding carboxylic acids is 1. The molecule has 9 nitrogen and oxygen atoms in total. The minimum absolute atomic E-state index is 0.0436. The molecule has 0 unspecified atom stereocenters. The number of rotatable bonds is 7.